The first-order valence-corrected chi connectivity index (χ1v) is 8.69. The zero-order valence-corrected chi connectivity index (χ0v) is 19.2. The number of rotatable bonds is 5. The van der Waals surface area contributed by atoms with Crippen LogP contribution >= 0.6 is 39.9 Å². The van der Waals surface area contributed by atoms with Crippen molar-refractivity contribution in [1.29, 1.82) is 0 Å². The predicted molar refractivity (Wildman–Crippen MR) is 117 cm³/mol. The van der Waals surface area contributed by atoms with E-state index in [4.69, 9.17) is 0 Å². The zero-order chi connectivity index (χ0) is 17.7. The molecule has 1 aromatic heterocycles. The average Bonchev–Trinajstić information content (AvgIpc) is 2.87. The van der Waals surface area contributed by atoms with E-state index in [0.29, 0.717) is 6.54 Å². The van der Waals surface area contributed by atoms with Crippen LogP contribution in [0, 0.1) is 6.92 Å². The Morgan fingerprint density at radius 3 is 2.48 bits per heavy atom. The molecule has 8 heteroatoms. The molecule has 2 aromatic rings. The van der Waals surface area contributed by atoms with E-state index in [1.165, 1.54) is 5.56 Å². The molecule has 0 atom stereocenters. The molecule has 0 aliphatic rings. The molecule has 2 N–H and O–H groups in total. The van der Waals surface area contributed by atoms with Crippen molar-refractivity contribution in [2.24, 2.45) is 12.0 Å². The van der Waals surface area contributed by atoms with Crippen LogP contribution in [0.4, 0.5) is 0 Å². The van der Waals surface area contributed by atoms with Crippen molar-refractivity contribution in [2.45, 2.75) is 32.7 Å². The SMILES string of the molecule is CN=C(NCc1nnc(C)n1C)NCC(C)(C)c1ccccc1Br.I. The molecule has 25 heavy (non-hydrogen) atoms. The zero-order valence-electron chi connectivity index (χ0n) is 15.3. The molecule has 138 valence electrons. The van der Waals surface area contributed by atoms with E-state index in [2.05, 4.69) is 73.8 Å². The Labute approximate surface area is 175 Å². The third-order valence-corrected chi connectivity index (χ3v) is 4.81. The van der Waals surface area contributed by atoms with Crippen molar-refractivity contribution in [3.05, 3.63) is 46.0 Å². The van der Waals surface area contributed by atoms with Crippen molar-refractivity contribution < 1.29 is 0 Å². The monoisotopic (exact) mass is 520 g/mol. The normalized spacial score (nSPS) is 11.8. The van der Waals surface area contributed by atoms with Crippen LogP contribution in [-0.2, 0) is 19.0 Å². The summed E-state index contributed by atoms with van der Waals surface area (Å²) in [6.07, 6.45) is 0. The van der Waals surface area contributed by atoms with E-state index in [1.54, 1.807) is 7.05 Å². The smallest absolute Gasteiger partial charge is 0.191 e. The second-order valence-electron chi connectivity index (χ2n) is 6.37. The molecule has 0 fully saturated rings. The van der Waals surface area contributed by atoms with E-state index < -0.39 is 0 Å². The summed E-state index contributed by atoms with van der Waals surface area (Å²) in [4.78, 5) is 4.28. The minimum Gasteiger partial charge on any atom is -0.356 e. The second kappa shape index (κ2) is 9.51. The number of halogens is 2. The van der Waals surface area contributed by atoms with Gasteiger partial charge in [0.2, 0.25) is 0 Å². The van der Waals surface area contributed by atoms with Gasteiger partial charge in [-0.1, -0.05) is 48.0 Å². The first kappa shape index (κ1) is 21.9. The van der Waals surface area contributed by atoms with Crippen molar-refractivity contribution in [3.63, 3.8) is 0 Å². The standard InChI is InChI=1S/C17H25BrN6.HI/c1-12-22-23-15(24(12)5)10-20-16(19-4)21-11-17(2,3)13-8-6-7-9-14(13)18;/h6-9H,10-11H2,1-5H3,(H2,19,20,21);1H. The van der Waals surface area contributed by atoms with E-state index in [9.17, 15) is 0 Å². The molecular weight excluding hydrogens is 495 g/mol. The highest BCUT2D eigenvalue weighted by Gasteiger charge is 2.23. The lowest BCUT2D eigenvalue weighted by Crippen LogP contribution is -2.43. The van der Waals surface area contributed by atoms with E-state index in [0.717, 1.165) is 28.6 Å². The van der Waals surface area contributed by atoms with Crippen molar-refractivity contribution in [2.75, 3.05) is 13.6 Å². The molecule has 0 bridgehead atoms. The quantitative estimate of drug-likeness (QED) is 0.361. The van der Waals surface area contributed by atoms with Crippen LogP contribution in [0.2, 0.25) is 0 Å². The van der Waals surface area contributed by atoms with Crippen LogP contribution in [-0.4, -0.2) is 34.3 Å². The highest BCUT2D eigenvalue weighted by molar-refractivity contribution is 14.0. The summed E-state index contributed by atoms with van der Waals surface area (Å²) in [6.45, 7) is 7.68. The van der Waals surface area contributed by atoms with Gasteiger partial charge in [-0.15, -0.1) is 34.2 Å². The lowest BCUT2D eigenvalue weighted by Gasteiger charge is -2.27. The summed E-state index contributed by atoms with van der Waals surface area (Å²) >= 11 is 3.64. The number of nitrogens with one attached hydrogen (secondary N) is 2. The Hall–Kier alpha value is -1.16. The van der Waals surface area contributed by atoms with Gasteiger partial charge in [0, 0.05) is 30.5 Å². The first-order chi connectivity index (χ1) is 11.3. The molecule has 0 aliphatic heterocycles. The summed E-state index contributed by atoms with van der Waals surface area (Å²) < 4.78 is 3.08. The fourth-order valence-corrected chi connectivity index (χ4v) is 3.22. The molecule has 0 amide bonds. The number of nitrogens with zero attached hydrogens (tertiary/aromatic N) is 4. The van der Waals surface area contributed by atoms with Crippen LogP contribution in [0.15, 0.2) is 33.7 Å². The maximum absolute atomic E-state index is 4.28. The topological polar surface area (TPSA) is 67.1 Å². The Kier molecular flexibility index (Phi) is 8.33. The van der Waals surface area contributed by atoms with Gasteiger partial charge in [0.15, 0.2) is 11.8 Å². The molecule has 6 nitrogen and oxygen atoms in total. The average molecular weight is 521 g/mol. The second-order valence-corrected chi connectivity index (χ2v) is 7.22. The van der Waals surface area contributed by atoms with Crippen LogP contribution in [0.1, 0.15) is 31.1 Å². The molecule has 1 heterocycles. The Bertz CT molecular complexity index is 726. The molecule has 2 rings (SSSR count). The summed E-state index contributed by atoms with van der Waals surface area (Å²) in [5, 5.41) is 14.9. The van der Waals surface area contributed by atoms with Crippen LogP contribution < -0.4 is 10.6 Å². The maximum atomic E-state index is 4.28. The molecule has 0 unspecified atom stereocenters. The number of guanidine groups is 1. The van der Waals surface area contributed by atoms with E-state index in [-0.39, 0.29) is 29.4 Å². The third kappa shape index (κ3) is 5.67. The van der Waals surface area contributed by atoms with Gasteiger partial charge in [-0.3, -0.25) is 4.99 Å². The fraction of sp³-hybridized carbons (Fsp3) is 0.471. The minimum absolute atomic E-state index is 0. The van der Waals surface area contributed by atoms with Crippen LogP contribution in [0.3, 0.4) is 0 Å². The lowest BCUT2D eigenvalue weighted by atomic mass is 9.84. The number of aliphatic imine (C=N–C) groups is 1. The van der Waals surface area contributed by atoms with Gasteiger partial charge in [-0.05, 0) is 18.6 Å². The van der Waals surface area contributed by atoms with Crippen molar-refractivity contribution >= 4 is 45.9 Å². The predicted octanol–water partition coefficient (Wildman–Crippen LogP) is 3.15. The summed E-state index contributed by atoms with van der Waals surface area (Å²) in [6, 6.07) is 8.30. The third-order valence-electron chi connectivity index (χ3n) is 4.12. The molecule has 0 radical (unpaired) electrons. The molecular formula is C17H26BrIN6. The van der Waals surface area contributed by atoms with Gasteiger partial charge in [-0.2, -0.15) is 0 Å². The molecule has 0 spiro atoms. The minimum atomic E-state index is -0.0426. The van der Waals surface area contributed by atoms with E-state index in [1.807, 2.05) is 24.6 Å². The molecule has 0 saturated carbocycles. The number of aromatic nitrogens is 3. The number of benzene rings is 1. The summed E-state index contributed by atoms with van der Waals surface area (Å²) in [5.41, 5.74) is 1.22. The Morgan fingerprint density at radius 1 is 1.24 bits per heavy atom. The highest BCUT2D eigenvalue weighted by atomic mass is 127. The van der Waals surface area contributed by atoms with Gasteiger partial charge in [0.05, 0.1) is 6.54 Å². The van der Waals surface area contributed by atoms with Crippen LogP contribution in [0.25, 0.3) is 0 Å². The van der Waals surface area contributed by atoms with Crippen LogP contribution in [0.5, 0.6) is 0 Å². The van der Waals surface area contributed by atoms with Gasteiger partial charge in [0.25, 0.3) is 0 Å². The van der Waals surface area contributed by atoms with Crippen molar-refractivity contribution in [1.82, 2.24) is 25.4 Å². The number of hydrogen-bond acceptors (Lipinski definition) is 3. The summed E-state index contributed by atoms with van der Waals surface area (Å²) in [5.74, 6) is 2.51. The highest BCUT2D eigenvalue weighted by Crippen LogP contribution is 2.29. The fourth-order valence-electron chi connectivity index (χ4n) is 2.40. The Balaban J connectivity index is 0.00000312. The van der Waals surface area contributed by atoms with Gasteiger partial charge in [-0.25, -0.2) is 0 Å². The number of aryl methyl sites for hydroxylation is 1. The van der Waals surface area contributed by atoms with Gasteiger partial charge in [0.1, 0.15) is 5.82 Å². The maximum Gasteiger partial charge on any atom is 0.191 e. The largest absolute Gasteiger partial charge is 0.356 e. The summed E-state index contributed by atoms with van der Waals surface area (Å²) in [7, 11) is 3.72. The van der Waals surface area contributed by atoms with Crippen molar-refractivity contribution in [3.8, 4) is 0 Å². The van der Waals surface area contributed by atoms with E-state index >= 15 is 0 Å². The lowest BCUT2D eigenvalue weighted by molar-refractivity contribution is 0.506. The number of hydrogen-bond donors (Lipinski definition) is 2. The van der Waals surface area contributed by atoms with Gasteiger partial charge < -0.3 is 15.2 Å². The molecule has 0 saturated heterocycles. The first-order valence-electron chi connectivity index (χ1n) is 7.89. The molecule has 1 aromatic carbocycles. The Morgan fingerprint density at radius 2 is 1.92 bits per heavy atom. The van der Waals surface area contributed by atoms with Gasteiger partial charge >= 0.3 is 0 Å². The molecule has 0 aliphatic carbocycles.